The van der Waals surface area contributed by atoms with Gasteiger partial charge in [-0.25, -0.2) is 13.1 Å². The van der Waals surface area contributed by atoms with Gasteiger partial charge in [-0.1, -0.05) is 17.7 Å². The lowest BCUT2D eigenvalue weighted by Gasteiger charge is -2.46. The molecule has 1 aliphatic carbocycles. The number of hydrogen-bond acceptors (Lipinski definition) is 7. The number of carbonyl (C=O) groups excluding carboxylic acids is 1. The Balaban J connectivity index is 1.36. The van der Waals surface area contributed by atoms with E-state index in [1.165, 1.54) is 5.56 Å². The van der Waals surface area contributed by atoms with Gasteiger partial charge in [-0.3, -0.25) is 4.79 Å². The molecule has 5 atom stereocenters. The van der Waals surface area contributed by atoms with E-state index in [1.807, 2.05) is 18.2 Å². The van der Waals surface area contributed by atoms with Gasteiger partial charge >= 0.3 is 0 Å². The Morgan fingerprint density at radius 2 is 1.93 bits per heavy atom. The van der Waals surface area contributed by atoms with Crippen molar-refractivity contribution in [3.8, 4) is 5.75 Å². The van der Waals surface area contributed by atoms with Crippen LogP contribution in [-0.2, 0) is 32.5 Å². The number of fused-ring (bicyclic) bond motifs is 6. The zero-order chi connectivity index (χ0) is 28.6. The Kier molecular flexibility index (Phi) is 8.50. The fourth-order valence-electron chi connectivity index (χ4n) is 6.81. The van der Waals surface area contributed by atoms with E-state index in [9.17, 15) is 13.2 Å². The lowest BCUT2D eigenvalue weighted by Crippen LogP contribution is -2.48. The predicted octanol–water partition coefficient (Wildman–Crippen LogP) is 5.11. The van der Waals surface area contributed by atoms with Crippen molar-refractivity contribution >= 4 is 33.2 Å². The lowest BCUT2D eigenvalue weighted by molar-refractivity contribution is -0.126. The molecule has 6 rings (SSSR count). The van der Waals surface area contributed by atoms with Crippen LogP contribution in [0.2, 0.25) is 5.02 Å². The van der Waals surface area contributed by atoms with Crippen molar-refractivity contribution in [2.75, 3.05) is 30.3 Å². The first-order valence-corrected chi connectivity index (χ1v) is 16.9. The molecule has 222 valence electrons. The number of sulfonamides is 1. The van der Waals surface area contributed by atoms with Crippen LogP contribution in [0.25, 0.3) is 0 Å². The molecule has 1 N–H and O–H groups in total. The highest BCUT2D eigenvalue weighted by Crippen LogP contribution is 2.43. The molecule has 1 amide bonds. The van der Waals surface area contributed by atoms with E-state index in [4.69, 9.17) is 25.8 Å². The highest BCUT2D eigenvalue weighted by molar-refractivity contribution is 7.90. The molecule has 0 aromatic heterocycles. The van der Waals surface area contributed by atoms with Crippen molar-refractivity contribution in [3.05, 3.63) is 58.1 Å². The van der Waals surface area contributed by atoms with E-state index in [-0.39, 0.29) is 23.5 Å². The van der Waals surface area contributed by atoms with E-state index >= 15 is 0 Å². The fraction of sp³-hybridized carbons (Fsp3) is 0.581. The summed E-state index contributed by atoms with van der Waals surface area (Å²) in [6, 6.07) is 11.1. The van der Waals surface area contributed by atoms with Gasteiger partial charge in [0.1, 0.15) is 12.4 Å². The normalized spacial score (nSPS) is 30.3. The first kappa shape index (κ1) is 28.8. The van der Waals surface area contributed by atoms with Crippen LogP contribution in [-0.4, -0.2) is 58.1 Å². The SMILES string of the molecule is C[C@@H]1CS(=O)(=O)NC(=O)c2ccc3c(c2)N(CCCCc2cc(Cl)ccc2CO3)C[C@@H]2CC[C@H]2[C@@H]2C[C@H](CCO2)O1. The van der Waals surface area contributed by atoms with E-state index in [0.717, 1.165) is 74.3 Å². The van der Waals surface area contributed by atoms with Gasteiger partial charge in [0.2, 0.25) is 10.0 Å². The summed E-state index contributed by atoms with van der Waals surface area (Å²) in [6.45, 7) is 4.38. The minimum absolute atomic E-state index is 0.0515. The number of hydrogen-bond donors (Lipinski definition) is 1. The molecular formula is C31H39ClN2O6S. The topological polar surface area (TPSA) is 94.2 Å². The Morgan fingerprint density at radius 3 is 2.76 bits per heavy atom. The summed E-state index contributed by atoms with van der Waals surface area (Å²) >= 11 is 6.31. The molecule has 1 saturated heterocycles. The number of aryl methyl sites for hydroxylation is 1. The van der Waals surface area contributed by atoms with E-state index < -0.39 is 22.0 Å². The number of rotatable bonds is 0. The fourth-order valence-corrected chi connectivity index (χ4v) is 8.18. The summed E-state index contributed by atoms with van der Waals surface area (Å²) in [5.41, 5.74) is 3.40. The maximum Gasteiger partial charge on any atom is 0.264 e. The highest BCUT2D eigenvalue weighted by atomic mass is 35.5. The quantitative estimate of drug-likeness (QED) is 0.448. The first-order valence-electron chi connectivity index (χ1n) is 14.8. The van der Waals surface area contributed by atoms with Crippen LogP contribution in [0.15, 0.2) is 36.4 Å². The molecule has 0 radical (unpaired) electrons. The summed E-state index contributed by atoms with van der Waals surface area (Å²) in [4.78, 5) is 15.6. The maximum absolute atomic E-state index is 13.2. The van der Waals surface area contributed by atoms with Crippen LogP contribution in [0.4, 0.5) is 5.69 Å². The second-order valence-corrected chi connectivity index (χ2v) is 14.2. The summed E-state index contributed by atoms with van der Waals surface area (Å²) in [5.74, 6) is 0.634. The molecule has 41 heavy (non-hydrogen) atoms. The largest absolute Gasteiger partial charge is 0.487 e. The van der Waals surface area contributed by atoms with Crippen molar-refractivity contribution < 1.29 is 27.4 Å². The van der Waals surface area contributed by atoms with E-state index in [1.54, 1.807) is 25.1 Å². The van der Waals surface area contributed by atoms with Crippen LogP contribution in [0, 0.1) is 11.8 Å². The molecule has 2 aromatic carbocycles. The summed E-state index contributed by atoms with van der Waals surface area (Å²) in [6.07, 6.45) is 6.13. The van der Waals surface area contributed by atoms with Crippen LogP contribution >= 0.6 is 11.6 Å². The summed E-state index contributed by atoms with van der Waals surface area (Å²) in [7, 11) is -3.90. The van der Waals surface area contributed by atoms with Crippen LogP contribution in [0.1, 0.15) is 66.9 Å². The van der Waals surface area contributed by atoms with Crippen molar-refractivity contribution in [2.24, 2.45) is 11.8 Å². The molecule has 10 heteroatoms. The Bertz CT molecular complexity index is 1380. The molecule has 0 spiro atoms. The minimum atomic E-state index is -3.90. The lowest BCUT2D eigenvalue weighted by atomic mass is 9.68. The van der Waals surface area contributed by atoms with Gasteiger partial charge in [-0.05, 0) is 98.7 Å². The number of halogens is 1. The molecule has 4 bridgehead atoms. The van der Waals surface area contributed by atoms with Crippen molar-refractivity contribution in [1.29, 1.82) is 0 Å². The number of carbonyl (C=O) groups is 1. The molecule has 3 heterocycles. The molecule has 2 fully saturated rings. The van der Waals surface area contributed by atoms with Gasteiger partial charge < -0.3 is 19.1 Å². The molecule has 3 aliphatic heterocycles. The van der Waals surface area contributed by atoms with Crippen LogP contribution in [0.5, 0.6) is 5.75 Å². The van der Waals surface area contributed by atoms with Crippen molar-refractivity contribution in [3.63, 3.8) is 0 Å². The molecule has 4 aliphatic rings. The Hall–Kier alpha value is -2.33. The van der Waals surface area contributed by atoms with Gasteiger partial charge in [0.25, 0.3) is 5.91 Å². The third-order valence-electron chi connectivity index (χ3n) is 9.04. The first-order chi connectivity index (χ1) is 19.7. The monoisotopic (exact) mass is 602 g/mol. The molecular weight excluding hydrogens is 564 g/mol. The number of nitrogens with zero attached hydrogens (tertiary/aromatic N) is 1. The average molecular weight is 603 g/mol. The van der Waals surface area contributed by atoms with Crippen LogP contribution < -0.4 is 14.4 Å². The smallest absolute Gasteiger partial charge is 0.264 e. The number of ether oxygens (including phenoxy) is 3. The number of anilines is 1. The predicted molar refractivity (Wildman–Crippen MR) is 158 cm³/mol. The van der Waals surface area contributed by atoms with Crippen LogP contribution in [0.3, 0.4) is 0 Å². The summed E-state index contributed by atoms with van der Waals surface area (Å²) in [5, 5.41) is 0.721. The van der Waals surface area contributed by atoms with Gasteiger partial charge in [-0.15, -0.1) is 0 Å². The minimum Gasteiger partial charge on any atom is -0.487 e. The van der Waals surface area contributed by atoms with Crippen molar-refractivity contribution in [1.82, 2.24) is 4.72 Å². The maximum atomic E-state index is 13.2. The molecule has 1 saturated carbocycles. The number of amides is 1. The molecule has 8 nitrogen and oxygen atoms in total. The third kappa shape index (κ3) is 6.69. The second-order valence-electron chi connectivity index (χ2n) is 12.0. The van der Waals surface area contributed by atoms with Crippen molar-refractivity contribution in [2.45, 2.75) is 76.8 Å². The third-order valence-corrected chi connectivity index (χ3v) is 10.7. The zero-order valence-corrected chi connectivity index (χ0v) is 25.1. The van der Waals surface area contributed by atoms with Gasteiger partial charge in [-0.2, -0.15) is 0 Å². The van der Waals surface area contributed by atoms with E-state index in [0.29, 0.717) is 30.8 Å². The second kappa shape index (κ2) is 12.1. The highest BCUT2D eigenvalue weighted by Gasteiger charge is 2.41. The number of nitrogens with one attached hydrogen (secondary N) is 1. The van der Waals surface area contributed by atoms with Gasteiger partial charge in [0.05, 0.1) is 29.8 Å². The molecule has 2 aromatic rings. The van der Waals surface area contributed by atoms with E-state index in [2.05, 4.69) is 9.62 Å². The summed E-state index contributed by atoms with van der Waals surface area (Å²) < 4.78 is 47.0. The average Bonchev–Trinajstić information content (AvgIpc) is 2.93. The standard InChI is InChI=1S/C31H39ClN2O6S/c1-20-19-41(36,37)33-31(35)22-7-10-29-28(15-22)34(12-3-2-4-21-14-25(32)8-5-24(21)18-39-29)17-23-6-9-27(23)30-16-26(40-20)11-13-38-30/h5,7-8,10,14-15,20,23,26-27,30H,2-4,6,9,11-13,16-19H2,1H3,(H,33,35)/t20-,23+,26+,27-,30+/m1/s1. The number of benzene rings is 2. The van der Waals surface area contributed by atoms with Gasteiger partial charge in [0.15, 0.2) is 0 Å². The molecule has 0 unspecified atom stereocenters. The Labute approximate surface area is 247 Å². The zero-order valence-electron chi connectivity index (χ0n) is 23.5. The van der Waals surface area contributed by atoms with Gasteiger partial charge in [0, 0.05) is 36.7 Å². The Morgan fingerprint density at radius 1 is 1.05 bits per heavy atom.